The van der Waals surface area contributed by atoms with E-state index in [1.807, 2.05) is 36.4 Å². The zero-order valence-corrected chi connectivity index (χ0v) is 27.1. The van der Waals surface area contributed by atoms with Crippen molar-refractivity contribution < 1.29 is 28.7 Å². The molecule has 0 bridgehead atoms. The van der Waals surface area contributed by atoms with Crippen LogP contribution in [-0.4, -0.2) is 36.7 Å². The van der Waals surface area contributed by atoms with E-state index in [0.29, 0.717) is 9.75 Å². The number of hydrogen-bond donors (Lipinski definition) is 0. The van der Waals surface area contributed by atoms with E-state index in [2.05, 4.69) is 62.8 Å². The van der Waals surface area contributed by atoms with E-state index in [1.54, 1.807) is 12.1 Å². The molecule has 8 heteroatoms. The number of aryl methyl sites for hydroxylation is 2. The smallest absolute Gasteiger partial charge is 0.330 e. The van der Waals surface area contributed by atoms with E-state index < -0.39 is 11.9 Å². The molecule has 2 aromatic carbocycles. The van der Waals surface area contributed by atoms with Crippen molar-refractivity contribution >= 4 is 46.2 Å². The van der Waals surface area contributed by atoms with Gasteiger partial charge in [0, 0.05) is 36.1 Å². The van der Waals surface area contributed by atoms with E-state index in [1.165, 1.54) is 22.7 Å². The summed E-state index contributed by atoms with van der Waals surface area (Å²) in [4.78, 5) is 49.7. The summed E-state index contributed by atoms with van der Waals surface area (Å²) in [7, 11) is 0. The topological polar surface area (TPSA) is 86.7 Å². The Morgan fingerprint density at radius 3 is 1.57 bits per heavy atom. The van der Waals surface area contributed by atoms with Crippen LogP contribution in [0, 0.1) is 37.5 Å². The van der Waals surface area contributed by atoms with Crippen LogP contribution in [0.4, 0.5) is 0 Å². The molecule has 0 unspecified atom stereocenters. The molecule has 230 valence electrons. The minimum Gasteiger partial charge on any atom is -0.462 e. The third kappa shape index (κ3) is 9.36. The van der Waals surface area contributed by atoms with Crippen molar-refractivity contribution in [3.8, 4) is 34.8 Å². The molecule has 0 aliphatic carbocycles. The van der Waals surface area contributed by atoms with E-state index in [0.717, 1.165) is 55.3 Å². The minimum absolute atomic E-state index is 0.0169. The first kappa shape index (κ1) is 33.6. The Hall–Kier alpha value is -5.28. The normalized spacial score (nSPS) is 10.0. The maximum atomic E-state index is 12.4. The Morgan fingerprint density at radius 2 is 1.11 bits per heavy atom. The SMILES string of the molecule is C=CC(=O)OCCC(=O)c1ccc(C#Cc2ccc(-c3c(C)cc(C#Cc4ccc(C(=O)CCOC(=O)C=C)s4)cc3C)cc2)s1. The minimum atomic E-state index is -0.548. The lowest BCUT2D eigenvalue weighted by atomic mass is 9.93. The van der Waals surface area contributed by atoms with Crippen LogP contribution in [0.1, 0.15) is 64.2 Å². The lowest BCUT2D eigenvalue weighted by molar-refractivity contribution is -0.138. The number of carbonyl (C=O) groups excluding carboxylic acids is 4. The molecular formula is C38H30O6S2. The Bertz CT molecular complexity index is 1910. The molecule has 0 fully saturated rings. The van der Waals surface area contributed by atoms with E-state index >= 15 is 0 Å². The highest BCUT2D eigenvalue weighted by Gasteiger charge is 2.12. The molecule has 0 spiro atoms. The number of esters is 2. The molecule has 0 saturated heterocycles. The van der Waals surface area contributed by atoms with Gasteiger partial charge in [0.05, 0.1) is 32.7 Å². The molecule has 6 nitrogen and oxygen atoms in total. The summed E-state index contributed by atoms with van der Waals surface area (Å²) in [5, 5.41) is 0. The number of benzene rings is 2. The maximum Gasteiger partial charge on any atom is 0.330 e. The maximum absolute atomic E-state index is 12.4. The summed E-state index contributed by atoms with van der Waals surface area (Å²) in [6, 6.07) is 19.3. The molecule has 46 heavy (non-hydrogen) atoms. The zero-order valence-electron chi connectivity index (χ0n) is 25.4. The number of hydrogen-bond acceptors (Lipinski definition) is 8. The van der Waals surface area contributed by atoms with Gasteiger partial charge in [0.2, 0.25) is 0 Å². The fourth-order valence-corrected chi connectivity index (χ4v) is 6.10. The molecular weight excluding hydrogens is 617 g/mol. The van der Waals surface area contributed by atoms with Crippen molar-refractivity contribution in [1.82, 2.24) is 0 Å². The van der Waals surface area contributed by atoms with Crippen LogP contribution in [-0.2, 0) is 19.1 Å². The summed E-state index contributed by atoms with van der Waals surface area (Å²) >= 11 is 2.63. The van der Waals surface area contributed by atoms with E-state index in [-0.39, 0.29) is 37.6 Å². The second kappa shape index (κ2) is 16.2. The Balaban J connectivity index is 1.38. The number of thiophene rings is 2. The van der Waals surface area contributed by atoms with Crippen molar-refractivity contribution in [3.05, 3.63) is 128 Å². The second-order valence-corrected chi connectivity index (χ2v) is 12.1. The fourth-order valence-electron chi connectivity index (χ4n) is 4.44. The highest BCUT2D eigenvalue weighted by molar-refractivity contribution is 7.14. The summed E-state index contributed by atoms with van der Waals surface area (Å²) in [6.07, 6.45) is 2.35. The van der Waals surface area contributed by atoms with Crippen molar-refractivity contribution in [1.29, 1.82) is 0 Å². The van der Waals surface area contributed by atoms with Gasteiger partial charge < -0.3 is 9.47 Å². The van der Waals surface area contributed by atoms with Crippen molar-refractivity contribution in [3.63, 3.8) is 0 Å². The predicted molar refractivity (Wildman–Crippen MR) is 182 cm³/mol. The first-order chi connectivity index (χ1) is 22.2. The van der Waals surface area contributed by atoms with Crippen LogP contribution in [0.25, 0.3) is 11.1 Å². The average molecular weight is 647 g/mol. The number of ketones is 2. The molecule has 0 aliphatic rings. The van der Waals surface area contributed by atoms with Gasteiger partial charge in [-0.15, -0.1) is 22.7 Å². The largest absolute Gasteiger partial charge is 0.462 e. The second-order valence-electron chi connectivity index (χ2n) is 9.98. The molecule has 0 saturated carbocycles. The number of rotatable bonds is 11. The summed E-state index contributed by atoms with van der Waals surface area (Å²) in [6.45, 7) is 10.8. The zero-order chi connectivity index (χ0) is 33.1. The lowest BCUT2D eigenvalue weighted by Gasteiger charge is -2.11. The van der Waals surface area contributed by atoms with Gasteiger partial charge in [-0.3, -0.25) is 9.59 Å². The third-order valence-electron chi connectivity index (χ3n) is 6.61. The van der Waals surface area contributed by atoms with Gasteiger partial charge >= 0.3 is 11.9 Å². The first-order valence-corrected chi connectivity index (χ1v) is 15.9. The Labute approximate surface area is 276 Å². The van der Waals surface area contributed by atoms with Crippen molar-refractivity contribution in [2.24, 2.45) is 0 Å². The van der Waals surface area contributed by atoms with Crippen LogP contribution >= 0.6 is 22.7 Å². The average Bonchev–Trinajstić information content (AvgIpc) is 3.73. The van der Waals surface area contributed by atoms with Crippen molar-refractivity contribution in [2.75, 3.05) is 13.2 Å². The van der Waals surface area contributed by atoms with Crippen LogP contribution < -0.4 is 0 Å². The molecule has 0 atom stereocenters. The van der Waals surface area contributed by atoms with Gasteiger partial charge in [0.15, 0.2) is 11.6 Å². The number of carbonyl (C=O) groups is 4. The summed E-state index contributed by atoms with van der Waals surface area (Å²) in [5.41, 5.74) is 6.12. The van der Waals surface area contributed by atoms with Crippen LogP contribution in [0.15, 0.2) is 86.0 Å². The number of Topliss-reactive ketones (excluding diaryl/α,β-unsaturated/α-hetero) is 2. The first-order valence-electron chi connectivity index (χ1n) is 14.3. The van der Waals surface area contributed by atoms with E-state index in [4.69, 9.17) is 9.47 Å². The molecule has 0 aliphatic heterocycles. The highest BCUT2D eigenvalue weighted by Crippen LogP contribution is 2.29. The molecule has 2 heterocycles. The molecule has 0 radical (unpaired) electrons. The quantitative estimate of drug-likeness (QED) is 0.0726. The van der Waals surface area contributed by atoms with Gasteiger partial charge in [-0.05, 0) is 84.6 Å². The van der Waals surface area contributed by atoms with Gasteiger partial charge in [-0.2, -0.15) is 0 Å². The molecule has 4 rings (SSSR count). The van der Waals surface area contributed by atoms with Crippen LogP contribution in [0.5, 0.6) is 0 Å². The lowest BCUT2D eigenvalue weighted by Crippen LogP contribution is -2.06. The van der Waals surface area contributed by atoms with Crippen LogP contribution in [0.2, 0.25) is 0 Å². The molecule has 2 aromatic heterocycles. The summed E-state index contributed by atoms with van der Waals surface area (Å²) in [5.74, 6) is 11.4. The van der Waals surface area contributed by atoms with Gasteiger partial charge in [-0.1, -0.05) is 49.0 Å². The monoisotopic (exact) mass is 646 g/mol. The Kier molecular flexibility index (Phi) is 11.8. The van der Waals surface area contributed by atoms with E-state index in [9.17, 15) is 19.2 Å². The van der Waals surface area contributed by atoms with Gasteiger partial charge in [-0.25, -0.2) is 9.59 Å². The fraction of sp³-hybridized carbons (Fsp3) is 0.158. The molecule has 0 amide bonds. The third-order valence-corrected chi connectivity index (χ3v) is 8.69. The van der Waals surface area contributed by atoms with Crippen LogP contribution in [0.3, 0.4) is 0 Å². The Morgan fingerprint density at radius 1 is 0.652 bits per heavy atom. The van der Waals surface area contributed by atoms with Crippen molar-refractivity contribution in [2.45, 2.75) is 26.7 Å². The predicted octanol–water partition coefficient (Wildman–Crippen LogP) is 7.50. The van der Waals surface area contributed by atoms with Gasteiger partial charge in [0.25, 0.3) is 0 Å². The molecule has 4 aromatic rings. The summed E-state index contributed by atoms with van der Waals surface area (Å²) < 4.78 is 9.77. The standard InChI is InChI=1S/C38H30O6S2/c1-5-36(41)43-21-19-32(39)34-17-15-30(45-34)13-9-27-7-11-29(12-8-27)38-25(3)23-28(24-26(38)4)10-14-31-16-18-35(46-31)33(40)20-22-44-37(42)6-2/h5-8,11-12,15-18,23-24H,1-2,19-22H2,3-4H3. The molecule has 0 N–H and O–H groups in total. The number of ether oxygens (including phenoxy) is 2. The highest BCUT2D eigenvalue weighted by atomic mass is 32.1. The van der Waals surface area contributed by atoms with Gasteiger partial charge in [0.1, 0.15) is 0 Å².